The summed E-state index contributed by atoms with van der Waals surface area (Å²) in [6, 6.07) is 3.86. The van der Waals surface area contributed by atoms with E-state index in [1.165, 1.54) is 0 Å². The lowest BCUT2D eigenvalue weighted by Gasteiger charge is -2.09. The van der Waals surface area contributed by atoms with Gasteiger partial charge in [0, 0.05) is 17.0 Å². The summed E-state index contributed by atoms with van der Waals surface area (Å²) in [6.07, 6.45) is 0.764. The summed E-state index contributed by atoms with van der Waals surface area (Å²) in [5, 5.41) is 0. The Morgan fingerprint density at radius 3 is 2.35 bits per heavy atom. The van der Waals surface area contributed by atoms with Gasteiger partial charge in [-0.1, -0.05) is 13.8 Å². The van der Waals surface area contributed by atoms with Crippen LogP contribution in [-0.4, -0.2) is 15.0 Å². The maximum atomic E-state index is 12.0. The van der Waals surface area contributed by atoms with E-state index in [1.807, 2.05) is 26.0 Å². The Kier molecular flexibility index (Phi) is 4.38. The van der Waals surface area contributed by atoms with Crippen molar-refractivity contribution in [1.29, 1.82) is 0 Å². The monoisotopic (exact) mass is 335 g/mol. The number of hydrogen-bond donors (Lipinski definition) is 1. The van der Waals surface area contributed by atoms with Crippen LogP contribution in [0.2, 0.25) is 0 Å². The standard InChI is InChI=1S/C15H18BrN3O/c1-8(2)5-12-13(16)15(20)19-14(18-12)11-6-9(3)17-10(4)7-11/h6-8H,5H2,1-4H3,(H,18,19,20). The van der Waals surface area contributed by atoms with Gasteiger partial charge in [-0.05, 0) is 54.2 Å². The molecule has 0 aromatic carbocycles. The van der Waals surface area contributed by atoms with Crippen LogP contribution in [0.25, 0.3) is 11.4 Å². The Morgan fingerprint density at radius 2 is 1.80 bits per heavy atom. The number of aromatic amines is 1. The van der Waals surface area contributed by atoms with Gasteiger partial charge in [-0.3, -0.25) is 9.78 Å². The molecular weight excluding hydrogens is 318 g/mol. The molecule has 4 nitrogen and oxygen atoms in total. The second-order valence-corrected chi connectivity index (χ2v) is 6.20. The number of aryl methyl sites for hydroxylation is 2. The predicted molar refractivity (Wildman–Crippen MR) is 83.8 cm³/mol. The molecule has 1 N–H and O–H groups in total. The molecule has 0 aliphatic carbocycles. The molecule has 5 heteroatoms. The fourth-order valence-electron chi connectivity index (χ4n) is 2.14. The number of nitrogens with one attached hydrogen (secondary N) is 1. The highest BCUT2D eigenvalue weighted by molar-refractivity contribution is 9.10. The minimum absolute atomic E-state index is 0.141. The molecule has 0 spiro atoms. The van der Waals surface area contributed by atoms with Gasteiger partial charge < -0.3 is 4.98 Å². The first-order chi connectivity index (χ1) is 9.36. The number of nitrogens with zero attached hydrogens (tertiary/aromatic N) is 2. The highest BCUT2D eigenvalue weighted by Gasteiger charge is 2.12. The summed E-state index contributed by atoms with van der Waals surface area (Å²) in [7, 11) is 0. The van der Waals surface area contributed by atoms with Crippen LogP contribution in [0.4, 0.5) is 0 Å². The molecule has 0 bridgehead atoms. The lowest BCUT2D eigenvalue weighted by atomic mass is 10.1. The van der Waals surface area contributed by atoms with Crippen molar-refractivity contribution in [3.63, 3.8) is 0 Å². The Labute approximate surface area is 126 Å². The van der Waals surface area contributed by atoms with E-state index >= 15 is 0 Å². The molecule has 106 valence electrons. The number of rotatable bonds is 3. The van der Waals surface area contributed by atoms with Gasteiger partial charge in [-0.25, -0.2) is 4.98 Å². The van der Waals surface area contributed by atoms with Crippen molar-refractivity contribution in [2.45, 2.75) is 34.1 Å². The van der Waals surface area contributed by atoms with Gasteiger partial charge in [0.15, 0.2) is 0 Å². The van der Waals surface area contributed by atoms with Crippen molar-refractivity contribution in [2.75, 3.05) is 0 Å². The first kappa shape index (κ1) is 14.9. The summed E-state index contributed by atoms with van der Waals surface area (Å²) in [4.78, 5) is 23.8. The first-order valence-corrected chi connectivity index (χ1v) is 7.40. The topological polar surface area (TPSA) is 58.6 Å². The van der Waals surface area contributed by atoms with Gasteiger partial charge in [0.2, 0.25) is 0 Å². The third-order valence-electron chi connectivity index (χ3n) is 2.89. The van der Waals surface area contributed by atoms with E-state index in [9.17, 15) is 4.79 Å². The molecule has 20 heavy (non-hydrogen) atoms. The molecule has 0 aliphatic rings. The normalized spacial score (nSPS) is 11.1. The Bertz CT molecular complexity index is 672. The van der Waals surface area contributed by atoms with Crippen LogP contribution < -0.4 is 5.56 Å². The summed E-state index contributed by atoms with van der Waals surface area (Å²) in [6.45, 7) is 8.08. The Morgan fingerprint density at radius 1 is 1.20 bits per heavy atom. The lowest BCUT2D eigenvalue weighted by Crippen LogP contribution is -2.15. The van der Waals surface area contributed by atoms with E-state index in [4.69, 9.17) is 0 Å². The highest BCUT2D eigenvalue weighted by atomic mass is 79.9. The average Bonchev–Trinajstić information content (AvgIpc) is 2.32. The summed E-state index contributed by atoms with van der Waals surface area (Å²) < 4.78 is 0.525. The fourth-order valence-corrected chi connectivity index (χ4v) is 2.48. The van der Waals surface area contributed by atoms with Crippen molar-refractivity contribution in [2.24, 2.45) is 5.92 Å². The third-order valence-corrected chi connectivity index (χ3v) is 3.71. The molecular formula is C15H18BrN3O. The number of hydrogen-bond acceptors (Lipinski definition) is 3. The van der Waals surface area contributed by atoms with Crippen molar-refractivity contribution in [3.8, 4) is 11.4 Å². The maximum absolute atomic E-state index is 12.0. The fraction of sp³-hybridized carbons (Fsp3) is 0.400. The molecule has 2 heterocycles. The van der Waals surface area contributed by atoms with Gasteiger partial charge in [-0.15, -0.1) is 0 Å². The summed E-state index contributed by atoms with van der Waals surface area (Å²) >= 11 is 3.33. The zero-order valence-corrected chi connectivity index (χ0v) is 13.7. The molecule has 0 saturated heterocycles. The Balaban J connectivity index is 2.57. The number of aromatic nitrogens is 3. The van der Waals surface area contributed by atoms with E-state index in [0.717, 1.165) is 29.1 Å². The zero-order chi connectivity index (χ0) is 14.9. The number of H-pyrrole nitrogens is 1. The molecule has 0 fully saturated rings. The van der Waals surface area contributed by atoms with Crippen molar-refractivity contribution < 1.29 is 0 Å². The highest BCUT2D eigenvalue weighted by Crippen LogP contribution is 2.20. The molecule has 0 saturated carbocycles. The van der Waals surface area contributed by atoms with Crippen LogP contribution in [0.1, 0.15) is 30.9 Å². The van der Waals surface area contributed by atoms with Crippen LogP contribution >= 0.6 is 15.9 Å². The minimum atomic E-state index is -0.141. The lowest BCUT2D eigenvalue weighted by molar-refractivity contribution is 0.631. The number of pyridine rings is 1. The molecule has 0 atom stereocenters. The van der Waals surface area contributed by atoms with Crippen molar-refractivity contribution >= 4 is 15.9 Å². The van der Waals surface area contributed by atoms with Crippen LogP contribution in [0, 0.1) is 19.8 Å². The second kappa shape index (κ2) is 5.87. The minimum Gasteiger partial charge on any atom is -0.306 e. The van der Waals surface area contributed by atoms with Gasteiger partial charge in [-0.2, -0.15) is 0 Å². The summed E-state index contributed by atoms with van der Waals surface area (Å²) in [5.41, 5.74) is 3.38. The van der Waals surface area contributed by atoms with E-state index in [2.05, 4.69) is 44.7 Å². The molecule has 2 rings (SSSR count). The van der Waals surface area contributed by atoms with Gasteiger partial charge in [0.1, 0.15) is 10.3 Å². The van der Waals surface area contributed by atoms with E-state index in [-0.39, 0.29) is 5.56 Å². The van der Waals surface area contributed by atoms with Gasteiger partial charge in [0.25, 0.3) is 5.56 Å². The SMILES string of the molecule is Cc1cc(-c2nc(CC(C)C)c(Br)c(=O)[nH]2)cc(C)n1. The molecule has 0 unspecified atom stereocenters. The quantitative estimate of drug-likeness (QED) is 0.934. The zero-order valence-electron chi connectivity index (χ0n) is 12.1. The van der Waals surface area contributed by atoms with Crippen LogP contribution in [-0.2, 0) is 6.42 Å². The average molecular weight is 336 g/mol. The molecule has 0 amide bonds. The van der Waals surface area contributed by atoms with Crippen LogP contribution in [0.3, 0.4) is 0 Å². The first-order valence-electron chi connectivity index (χ1n) is 6.61. The Hall–Kier alpha value is -1.49. The molecule has 0 aliphatic heterocycles. The molecule has 2 aromatic heterocycles. The van der Waals surface area contributed by atoms with Crippen molar-refractivity contribution in [3.05, 3.63) is 44.0 Å². The maximum Gasteiger partial charge on any atom is 0.265 e. The smallest absolute Gasteiger partial charge is 0.265 e. The second-order valence-electron chi connectivity index (χ2n) is 5.41. The molecule has 0 radical (unpaired) electrons. The summed E-state index contributed by atoms with van der Waals surface area (Å²) in [5.74, 6) is 1.04. The van der Waals surface area contributed by atoms with Crippen molar-refractivity contribution in [1.82, 2.24) is 15.0 Å². The third kappa shape index (κ3) is 3.33. The van der Waals surface area contributed by atoms with Gasteiger partial charge >= 0.3 is 0 Å². The molecule has 2 aromatic rings. The van der Waals surface area contributed by atoms with Crippen LogP contribution in [0.5, 0.6) is 0 Å². The van der Waals surface area contributed by atoms with E-state index < -0.39 is 0 Å². The number of halogens is 1. The van der Waals surface area contributed by atoms with E-state index in [1.54, 1.807) is 0 Å². The van der Waals surface area contributed by atoms with E-state index in [0.29, 0.717) is 16.2 Å². The predicted octanol–water partition coefficient (Wildman–Crippen LogP) is 3.41. The van der Waals surface area contributed by atoms with Crippen LogP contribution in [0.15, 0.2) is 21.4 Å². The van der Waals surface area contributed by atoms with Gasteiger partial charge in [0.05, 0.1) is 5.69 Å². The largest absolute Gasteiger partial charge is 0.306 e.